The van der Waals surface area contributed by atoms with Crippen LogP contribution in [-0.2, 0) is 0 Å². The highest BCUT2D eigenvalue weighted by Gasteiger charge is 2.13. The Bertz CT molecular complexity index is 478. The maximum atomic E-state index is 5.68. The first-order chi connectivity index (χ1) is 8.20. The molecule has 0 aliphatic rings. The zero-order valence-electron chi connectivity index (χ0n) is 10.1. The van der Waals surface area contributed by atoms with Crippen molar-refractivity contribution in [1.82, 2.24) is 15.0 Å². The van der Waals surface area contributed by atoms with E-state index in [4.69, 9.17) is 5.73 Å². The van der Waals surface area contributed by atoms with E-state index < -0.39 is 0 Å². The summed E-state index contributed by atoms with van der Waals surface area (Å²) in [6.45, 7) is 4.09. The number of aromatic nitrogens is 3. The van der Waals surface area contributed by atoms with Crippen LogP contribution in [0.4, 0.5) is 11.5 Å². The highest BCUT2D eigenvalue weighted by atomic mass is 15.1. The van der Waals surface area contributed by atoms with E-state index in [-0.39, 0.29) is 6.04 Å². The Morgan fingerprint density at radius 2 is 2.29 bits per heavy atom. The molecule has 2 rings (SSSR count). The van der Waals surface area contributed by atoms with Crippen LogP contribution in [-0.4, -0.2) is 15.0 Å². The Hall–Kier alpha value is -2.04. The van der Waals surface area contributed by atoms with E-state index in [9.17, 15) is 0 Å². The van der Waals surface area contributed by atoms with Crippen LogP contribution >= 0.6 is 0 Å². The molecule has 0 aromatic carbocycles. The smallest absolute Gasteiger partial charge is 0.129 e. The van der Waals surface area contributed by atoms with E-state index in [2.05, 4.69) is 27.2 Å². The van der Waals surface area contributed by atoms with Crippen LogP contribution in [0.25, 0.3) is 0 Å². The van der Waals surface area contributed by atoms with Crippen molar-refractivity contribution >= 4 is 11.5 Å². The number of nitrogens with two attached hydrogens (primary N) is 1. The molecule has 0 bridgehead atoms. The summed E-state index contributed by atoms with van der Waals surface area (Å²) in [7, 11) is 0. The topological polar surface area (TPSA) is 79.6 Å². The van der Waals surface area contributed by atoms with Crippen molar-refractivity contribution in [2.45, 2.75) is 26.3 Å². The monoisotopic (exact) mass is 231 g/mol. The van der Waals surface area contributed by atoms with Crippen LogP contribution in [0.2, 0.25) is 0 Å². The Morgan fingerprint density at radius 3 is 2.88 bits per heavy atom. The van der Waals surface area contributed by atoms with Crippen molar-refractivity contribution in [2.24, 2.45) is 0 Å². The lowest BCUT2D eigenvalue weighted by atomic mass is 10.2. The number of nitrogens with zero attached hydrogens (tertiary/aromatic N) is 2. The predicted molar refractivity (Wildman–Crippen MR) is 68.6 cm³/mol. The fourth-order valence-corrected chi connectivity index (χ4v) is 1.74. The summed E-state index contributed by atoms with van der Waals surface area (Å²) in [5, 5.41) is 3.37. The molecule has 1 unspecified atom stereocenters. The highest BCUT2D eigenvalue weighted by Crippen LogP contribution is 2.21. The van der Waals surface area contributed by atoms with Gasteiger partial charge in [-0.15, -0.1) is 0 Å². The molecular weight excluding hydrogens is 214 g/mol. The minimum atomic E-state index is 0.139. The molecule has 2 heterocycles. The number of aromatic amines is 1. The summed E-state index contributed by atoms with van der Waals surface area (Å²) in [4.78, 5) is 11.7. The Labute approximate surface area is 100 Å². The Kier molecular flexibility index (Phi) is 3.27. The number of H-pyrrole nitrogens is 1. The van der Waals surface area contributed by atoms with Crippen molar-refractivity contribution < 1.29 is 0 Å². The van der Waals surface area contributed by atoms with Gasteiger partial charge in [0.25, 0.3) is 0 Å². The van der Waals surface area contributed by atoms with Crippen LogP contribution in [0.5, 0.6) is 0 Å². The van der Waals surface area contributed by atoms with E-state index in [0.29, 0.717) is 5.69 Å². The second-order valence-corrected chi connectivity index (χ2v) is 4.01. The molecule has 0 saturated heterocycles. The summed E-state index contributed by atoms with van der Waals surface area (Å²) in [5.41, 5.74) is 7.39. The molecule has 5 nitrogen and oxygen atoms in total. The normalized spacial score (nSPS) is 12.4. The van der Waals surface area contributed by atoms with Gasteiger partial charge in [-0.3, -0.25) is 0 Å². The van der Waals surface area contributed by atoms with Crippen LogP contribution in [0.3, 0.4) is 0 Å². The zero-order valence-corrected chi connectivity index (χ0v) is 10.1. The third kappa shape index (κ3) is 2.55. The molecular formula is C12H17N5. The number of anilines is 2. The third-order valence-corrected chi connectivity index (χ3v) is 2.67. The Balaban J connectivity index is 2.19. The first-order valence-corrected chi connectivity index (χ1v) is 5.68. The van der Waals surface area contributed by atoms with E-state index in [1.807, 2.05) is 19.2 Å². The molecule has 90 valence electrons. The van der Waals surface area contributed by atoms with Crippen LogP contribution < -0.4 is 11.1 Å². The highest BCUT2D eigenvalue weighted by molar-refractivity contribution is 5.51. The molecule has 0 aliphatic carbocycles. The van der Waals surface area contributed by atoms with Gasteiger partial charge in [0.2, 0.25) is 0 Å². The van der Waals surface area contributed by atoms with Crippen LogP contribution in [0, 0.1) is 6.92 Å². The number of nitrogen functional groups attached to an aromatic ring is 1. The van der Waals surface area contributed by atoms with Crippen molar-refractivity contribution in [3.8, 4) is 0 Å². The summed E-state index contributed by atoms with van der Waals surface area (Å²) in [6, 6.07) is 2.05. The zero-order chi connectivity index (χ0) is 12.3. The van der Waals surface area contributed by atoms with E-state index in [1.165, 1.54) is 0 Å². The van der Waals surface area contributed by atoms with Crippen molar-refractivity contribution in [3.05, 3.63) is 36.0 Å². The number of aryl methyl sites for hydroxylation is 1. The molecule has 0 radical (unpaired) electrons. The molecule has 0 amide bonds. The van der Waals surface area contributed by atoms with Gasteiger partial charge in [0.05, 0.1) is 17.9 Å². The number of imidazole rings is 1. The van der Waals surface area contributed by atoms with Crippen molar-refractivity contribution in [1.29, 1.82) is 0 Å². The number of pyridine rings is 1. The lowest BCUT2D eigenvalue weighted by molar-refractivity contribution is 0.699. The minimum Gasteiger partial charge on any atom is -0.397 e. The summed E-state index contributed by atoms with van der Waals surface area (Å²) in [6.07, 6.45) is 6.16. The van der Waals surface area contributed by atoms with E-state index >= 15 is 0 Å². The second-order valence-electron chi connectivity index (χ2n) is 4.01. The SMILES string of the molecule is CCC(Nc1ncc(N)cc1C)c1ncc[nH]1. The van der Waals surface area contributed by atoms with Gasteiger partial charge in [-0.1, -0.05) is 6.92 Å². The summed E-state index contributed by atoms with van der Waals surface area (Å²) < 4.78 is 0. The average Bonchev–Trinajstić information content (AvgIpc) is 2.81. The van der Waals surface area contributed by atoms with Gasteiger partial charge in [0.15, 0.2) is 0 Å². The lowest BCUT2D eigenvalue weighted by Gasteiger charge is -2.16. The fraction of sp³-hybridized carbons (Fsp3) is 0.333. The molecule has 0 spiro atoms. The fourth-order valence-electron chi connectivity index (χ4n) is 1.74. The summed E-state index contributed by atoms with van der Waals surface area (Å²) >= 11 is 0. The van der Waals surface area contributed by atoms with Crippen LogP contribution in [0.15, 0.2) is 24.7 Å². The second kappa shape index (κ2) is 4.86. The average molecular weight is 231 g/mol. The van der Waals surface area contributed by atoms with Gasteiger partial charge in [0, 0.05) is 12.4 Å². The molecule has 5 heteroatoms. The number of hydrogen-bond acceptors (Lipinski definition) is 4. The first kappa shape index (κ1) is 11.4. The van der Waals surface area contributed by atoms with Gasteiger partial charge in [0.1, 0.15) is 11.6 Å². The molecule has 17 heavy (non-hydrogen) atoms. The largest absolute Gasteiger partial charge is 0.397 e. The quantitative estimate of drug-likeness (QED) is 0.754. The molecule has 0 aliphatic heterocycles. The number of nitrogens with one attached hydrogen (secondary N) is 2. The van der Waals surface area contributed by atoms with Gasteiger partial charge in [-0.2, -0.15) is 0 Å². The van der Waals surface area contributed by atoms with Crippen molar-refractivity contribution in [2.75, 3.05) is 11.1 Å². The van der Waals surface area contributed by atoms with Crippen molar-refractivity contribution in [3.63, 3.8) is 0 Å². The maximum Gasteiger partial charge on any atom is 0.129 e. The molecule has 4 N–H and O–H groups in total. The van der Waals surface area contributed by atoms with Gasteiger partial charge < -0.3 is 16.0 Å². The van der Waals surface area contributed by atoms with Gasteiger partial charge in [-0.05, 0) is 25.0 Å². The lowest BCUT2D eigenvalue weighted by Crippen LogP contribution is -2.13. The summed E-state index contributed by atoms with van der Waals surface area (Å²) in [5.74, 6) is 1.77. The van der Waals surface area contributed by atoms with E-state index in [1.54, 1.807) is 12.4 Å². The first-order valence-electron chi connectivity index (χ1n) is 5.68. The number of hydrogen-bond donors (Lipinski definition) is 3. The van der Waals surface area contributed by atoms with Gasteiger partial charge in [-0.25, -0.2) is 9.97 Å². The van der Waals surface area contributed by atoms with Gasteiger partial charge >= 0.3 is 0 Å². The standard InChI is InChI=1S/C12H17N5/c1-3-10(12-14-4-5-15-12)17-11-8(2)6-9(13)7-16-11/h4-7,10H,3,13H2,1-2H3,(H,14,15)(H,16,17). The molecule has 0 fully saturated rings. The molecule has 2 aromatic heterocycles. The molecule has 1 atom stereocenters. The van der Waals surface area contributed by atoms with Crippen LogP contribution in [0.1, 0.15) is 30.8 Å². The van der Waals surface area contributed by atoms with E-state index in [0.717, 1.165) is 23.6 Å². The third-order valence-electron chi connectivity index (χ3n) is 2.67. The minimum absolute atomic E-state index is 0.139. The Morgan fingerprint density at radius 1 is 1.47 bits per heavy atom. The molecule has 0 saturated carbocycles. The number of rotatable bonds is 4. The predicted octanol–water partition coefficient (Wildman–Crippen LogP) is 2.26. The maximum absolute atomic E-state index is 5.68. The molecule has 2 aromatic rings.